The lowest BCUT2D eigenvalue weighted by Gasteiger charge is -2.08. The van der Waals surface area contributed by atoms with Crippen LogP contribution in [0.3, 0.4) is 0 Å². The molecular weight excluding hydrogens is 332 g/mol. The molecule has 134 valence electrons. The third-order valence-electron chi connectivity index (χ3n) is 5.25. The first kappa shape index (κ1) is 15.5. The first-order valence-electron chi connectivity index (χ1n) is 9.06. The monoisotopic (exact) mass is 352 g/mol. The van der Waals surface area contributed by atoms with Gasteiger partial charge in [0, 0.05) is 29.6 Å². The Kier molecular flexibility index (Phi) is 3.49. The van der Waals surface area contributed by atoms with E-state index in [9.17, 15) is 9.59 Å². The fourth-order valence-electron chi connectivity index (χ4n) is 3.66. The summed E-state index contributed by atoms with van der Waals surface area (Å²) in [5, 5.41) is 6.67. The number of hydrogen-bond donors (Lipinski definition) is 3. The minimum Gasteiger partial charge on any atom is -0.390 e. The van der Waals surface area contributed by atoms with Crippen molar-refractivity contribution in [3.05, 3.63) is 47.5 Å². The van der Waals surface area contributed by atoms with Crippen LogP contribution < -0.4 is 16.1 Å². The second-order valence-corrected chi connectivity index (χ2v) is 7.13. The highest BCUT2D eigenvalue weighted by Crippen LogP contribution is 2.35. The van der Waals surface area contributed by atoms with Crippen molar-refractivity contribution in [2.24, 2.45) is 5.92 Å². The molecule has 1 aliphatic carbocycles. The number of aryl methyl sites for hydroxylation is 1. The van der Waals surface area contributed by atoms with Crippen molar-refractivity contribution < 1.29 is 14.4 Å². The minimum absolute atomic E-state index is 0.0635. The molecule has 1 unspecified atom stereocenters. The van der Waals surface area contributed by atoms with Gasteiger partial charge < -0.3 is 14.7 Å². The Morgan fingerprint density at radius 2 is 2.15 bits per heavy atom. The quantitative estimate of drug-likeness (QED) is 0.784. The predicted molar refractivity (Wildman–Crippen MR) is 95.2 cm³/mol. The molecule has 0 bridgehead atoms. The van der Waals surface area contributed by atoms with Crippen molar-refractivity contribution >= 4 is 22.7 Å². The lowest BCUT2D eigenvalue weighted by atomic mass is 10.1. The van der Waals surface area contributed by atoms with E-state index in [1.54, 1.807) is 6.07 Å². The van der Waals surface area contributed by atoms with Crippen molar-refractivity contribution in [2.45, 2.75) is 31.8 Å². The number of benzene rings is 1. The first-order chi connectivity index (χ1) is 12.7. The molecular formula is C19H20N4O3. The number of amides is 2. The fourth-order valence-corrected chi connectivity index (χ4v) is 3.66. The molecule has 3 N–H and O–H groups in total. The lowest BCUT2D eigenvalue weighted by Crippen LogP contribution is -2.26. The largest absolute Gasteiger partial charge is 0.390 e. The van der Waals surface area contributed by atoms with E-state index in [-0.39, 0.29) is 17.9 Å². The van der Waals surface area contributed by atoms with Gasteiger partial charge in [-0.2, -0.15) is 0 Å². The van der Waals surface area contributed by atoms with E-state index in [1.165, 1.54) is 12.8 Å². The van der Waals surface area contributed by atoms with Crippen molar-refractivity contribution in [3.63, 3.8) is 0 Å². The molecule has 1 saturated carbocycles. The number of carbonyl (C=O) groups is 2. The van der Waals surface area contributed by atoms with Gasteiger partial charge in [0.25, 0.3) is 11.8 Å². The third-order valence-corrected chi connectivity index (χ3v) is 5.25. The van der Waals surface area contributed by atoms with Gasteiger partial charge in [-0.15, -0.1) is 5.48 Å². The van der Waals surface area contributed by atoms with Crippen molar-refractivity contribution in [3.8, 4) is 0 Å². The maximum absolute atomic E-state index is 12.6. The molecule has 1 aromatic heterocycles. The van der Waals surface area contributed by atoms with Crippen LogP contribution in [0.15, 0.2) is 36.2 Å². The summed E-state index contributed by atoms with van der Waals surface area (Å²) < 4.78 is 1.99. The van der Waals surface area contributed by atoms with Crippen LogP contribution in [0.2, 0.25) is 0 Å². The van der Waals surface area contributed by atoms with Crippen LogP contribution in [0, 0.1) is 5.92 Å². The van der Waals surface area contributed by atoms with Crippen LogP contribution in [-0.4, -0.2) is 29.0 Å². The molecule has 7 nitrogen and oxygen atoms in total. The Morgan fingerprint density at radius 3 is 3.00 bits per heavy atom. The van der Waals surface area contributed by atoms with Gasteiger partial charge in [-0.1, -0.05) is 6.07 Å². The smallest absolute Gasteiger partial charge is 0.267 e. The van der Waals surface area contributed by atoms with Gasteiger partial charge in [-0.05, 0) is 49.5 Å². The van der Waals surface area contributed by atoms with Crippen molar-refractivity contribution in [1.82, 2.24) is 20.7 Å². The van der Waals surface area contributed by atoms with Crippen LogP contribution in [0.25, 0.3) is 10.9 Å². The molecule has 1 atom stereocenters. The Morgan fingerprint density at radius 1 is 1.27 bits per heavy atom. The Hall–Kier alpha value is -2.80. The van der Waals surface area contributed by atoms with Crippen LogP contribution in [-0.2, 0) is 11.4 Å². The number of nitrogens with one attached hydrogen (secondary N) is 3. The molecule has 2 amide bonds. The summed E-state index contributed by atoms with van der Waals surface area (Å²) in [6, 6.07) is 7.57. The highest BCUT2D eigenvalue weighted by molar-refractivity contribution is 6.02. The van der Waals surface area contributed by atoms with Gasteiger partial charge in [-0.25, -0.2) is 0 Å². The number of hydrogen-bond acceptors (Lipinski definition) is 4. The second-order valence-electron chi connectivity index (χ2n) is 7.13. The van der Waals surface area contributed by atoms with Gasteiger partial charge in [0.15, 0.2) is 0 Å². The van der Waals surface area contributed by atoms with Crippen LogP contribution in [0.5, 0.6) is 0 Å². The summed E-state index contributed by atoms with van der Waals surface area (Å²) >= 11 is 0. The number of aromatic nitrogens is 1. The lowest BCUT2D eigenvalue weighted by molar-refractivity contribution is 0.0795. The maximum atomic E-state index is 12.6. The fraction of sp³-hybridized carbons (Fsp3) is 0.368. The van der Waals surface area contributed by atoms with E-state index < -0.39 is 0 Å². The Balaban J connectivity index is 1.42. The van der Waals surface area contributed by atoms with E-state index in [1.807, 2.05) is 28.8 Å². The van der Waals surface area contributed by atoms with Gasteiger partial charge in [-0.3, -0.25) is 14.9 Å². The van der Waals surface area contributed by atoms with Gasteiger partial charge >= 0.3 is 0 Å². The number of hydroxylamine groups is 1. The summed E-state index contributed by atoms with van der Waals surface area (Å²) in [6.45, 7) is 1.42. The maximum Gasteiger partial charge on any atom is 0.267 e. The van der Waals surface area contributed by atoms with Crippen LogP contribution >= 0.6 is 0 Å². The topological polar surface area (TPSA) is 84.4 Å². The highest BCUT2D eigenvalue weighted by atomic mass is 16.7. The number of nitrogens with zero attached hydrogens (tertiary/aromatic N) is 1. The van der Waals surface area contributed by atoms with Crippen LogP contribution in [0.1, 0.15) is 40.1 Å². The first-order valence-corrected chi connectivity index (χ1v) is 9.06. The van der Waals surface area contributed by atoms with E-state index in [0.29, 0.717) is 29.6 Å². The molecule has 0 saturated heterocycles. The second kappa shape index (κ2) is 5.88. The summed E-state index contributed by atoms with van der Waals surface area (Å²) in [6.07, 6.45) is 5.19. The van der Waals surface area contributed by atoms with E-state index in [4.69, 9.17) is 4.84 Å². The minimum atomic E-state index is -0.218. The average molecular weight is 352 g/mol. The molecule has 3 aliphatic rings. The van der Waals surface area contributed by atoms with E-state index in [2.05, 4.69) is 16.1 Å². The molecule has 0 spiro atoms. The molecule has 0 radical (unpaired) electrons. The van der Waals surface area contributed by atoms with Gasteiger partial charge in [0.05, 0.1) is 6.04 Å². The van der Waals surface area contributed by atoms with Crippen molar-refractivity contribution in [1.29, 1.82) is 0 Å². The molecule has 2 aromatic rings. The third kappa shape index (κ3) is 2.64. The molecule has 5 rings (SSSR count). The van der Waals surface area contributed by atoms with Crippen LogP contribution in [0.4, 0.5) is 0 Å². The Bertz CT molecular complexity index is 942. The zero-order chi connectivity index (χ0) is 17.7. The van der Waals surface area contributed by atoms with Crippen molar-refractivity contribution in [2.75, 3.05) is 6.54 Å². The standard InChI is InChI=1S/C19H20N4O3/c24-18(21-17-10-14(22-26-17)11-2-3-11)13-5-4-12-8-16-19(25)20-6-1-7-23(16)15(12)9-13/h4-5,8-11,14,22H,1-3,6-7H2,(H,20,25)(H,21,24). The number of carbonyl (C=O) groups excluding carboxylic acids is 2. The van der Waals surface area contributed by atoms with E-state index in [0.717, 1.165) is 23.9 Å². The summed E-state index contributed by atoms with van der Waals surface area (Å²) in [5.41, 5.74) is 5.04. The molecule has 1 aromatic carbocycles. The summed E-state index contributed by atoms with van der Waals surface area (Å²) in [4.78, 5) is 30.2. The predicted octanol–water partition coefficient (Wildman–Crippen LogP) is 1.66. The Labute approximate surface area is 150 Å². The van der Waals surface area contributed by atoms with E-state index >= 15 is 0 Å². The summed E-state index contributed by atoms with van der Waals surface area (Å²) in [7, 11) is 0. The number of rotatable bonds is 3. The number of fused-ring (bicyclic) bond motifs is 3. The normalized spacial score (nSPS) is 22.2. The average Bonchev–Trinajstić information content (AvgIpc) is 3.33. The molecule has 3 heterocycles. The zero-order valence-electron chi connectivity index (χ0n) is 14.2. The summed E-state index contributed by atoms with van der Waals surface area (Å²) in [5.74, 6) is 0.792. The molecule has 2 aliphatic heterocycles. The molecule has 1 fully saturated rings. The highest BCUT2D eigenvalue weighted by Gasteiger charge is 2.34. The van der Waals surface area contributed by atoms with Gasteiger partial charge in [0.1, 0.15) is 5.69 Å². The molecule has 26 heavy (non-hydrogen) atoms. The molecule has 7 heteroatoms. The zero-order valence-corrected chi connectivity index (χ0v) is 14.2. The SMILES string of the molecule is O=C(NC1=CC(C2CC2)NO1)c1ccc2cc3n(c2c1)CCCNC3=O. The van der Waals surface area contributed by atoms with Gasteiger partial charge in [0.2, 0.25) is 5.88 Å².